The minimum absolute atomic E-state index is 0.113. The summed E-state index contributed by atoms with van der Waals surface area (Å²) in [7, 11) is 2.12. The molecule has 0 aliphatic carbocycles. The van der Waals surface area contributed by atoms with Gasteiger partial charge in [0.1, 0.15) is 11.8 Å². The fraction of sp³-hybridized carbons (Fsp3) is 0.606. The zero-order valence-corrected chi connectivity index (χ0v) is 24.6. The van der Waals surface area contributed by atoms with E-state index in [2.05, 4.69) is 48.0 Å². The van der Waals surface area contributed by atoms with E-state index in [9.17, 15) is 15.0 Å². The largest absolute Gasteiger partial charge is 0.438 e. The fourth-order valence-corrected chi connectivity index (χ4v) is 7.17. The summed E-state index contributed by atoms with van der Waals surface area (Å²) < 4.78 is 6.18. The Kier molecular flexibility index (Phi) is 8.58. The minimum Gasteiger partial charge on any atom is -0.438 e. The second-order valence-corrected chi connectivity index (χ2v) is 12.9. The number of amides is 1. The Morgan fingerprint density at radius 3 is 2.25 bits per heavy atom. The topological polar surface area (TPSA) is 76.5 Å². The third kappa shape index (κ3) is 6.23. The SMILES string of the molecule is C[C@@H](c1ccc(C2CCN([C@H](O)C3CCCN3C)CC2)cc1)N1CC[C@](CC(C)(C)O)(c2ccccc2)OC1=O. The van der Waals surface area contributed by atoms with Gasteiger partial charge in [-0.05, 0) is 82.7 Å². The summed E-state index contributed by atoms with van der Waals surface area (Å²) in [5, 5.41) is 21.6. The zero-order valence-electron chi connectivity index (χ0n) is 24.6. The van der Waals surface area contributed by atoms with Crippen molar-refractivity contribution in [2.75, 3.05) is 33.2 Å². The van der Waals surface area contributed by atoms with Crippen LogP contribution in [-0.4, -0.2) is 82.1 Å². The Morgan fingerprint density at radius 2 is 1.68 bits per heavy atom. The third-order valence-corrected chi connectivity index (χ3v) is 9.47. The van der Waals surface area contributed by atoms with Gasteiger partial charge in [-0.2, -0.15) is 0 Å². The van der Waals surface area contributed by atoms with Crippen LogP contribution in [0, 0.1) is 0 Å². The molecule has 3 aliphatic heterocycles. The predicted molar refractivity (Wildman–Crippen MR) is 157 cm³/mol. The van der Waals surface area contributed by atoms with Crippen LogP contribution in [0.2, 0.25) is 0 Å². The molecule has 7 nitrogen and oxygen atoms in total. The average molecular weight is 550 g/mol. The molecule has 0 radical (unpaired) electrons. The van der Waals surface area contributed by atoms with Crippen molar-refractivity contribution in [1.29, 1.82) is 0 Å². The van der Waals surface area contributed by atoms with Gasteiger partial charge in [0.2, 0.25) is 0 Å². The molecule has 0 spiro atoms. The van der Waals surface area contributed by atoms with E-state index >= 15 is 0 Å². The highest BCUT2D eigenvalue weighted by Crippen LogP contribution is 2.42. The molecule has 2 aromatic carbocycles. The van der Waals surface area contributed by atoms with Gasteiger partial charge in [-0.15, -0.1) is 0 Å². The van der Waals surface area contributed by atoms with Gasteiger partial charge >= 0.3 is 6.09 Å². The lowest BCUT2D eigenvalue weighted by atomic mass is 9.80. The number of piperidine rings is 1. The number of benzene rings is 2. The van der Waals surface area contributed by atoms with E-state index in [0.29, 0.717) is 25.3 Å². The first kappa shape index (κ1) is 29.1. The van der Waals surface area contributed by atoms with Crippen LogP contribution < -0.4 is 0 Å². The van der Waals surface area contributed by atoms with E-state index in [4.69, 9.17) is 4.74 Å². The van der Waals surface area contributed by atoms with Gasteiger partial charge in [-0.25, -0.2) is 4.79 Å². The van der Waals surface area contributed by atoms with Crippen LogP contribution in [0.25, 0.3) is 0 Å². The van der Waals surface area contributed by atoms with Gasteiger partial charge in [-0.1, -0.05) is 54.6 Å². The molecule has 3 saturated heterocycles. The first-order valence-corrected chi connectivity index (χ1v) is 15.1. The molecular weight excluding hydrogens is 502 g/mol. The number of likely N-dealkylation sites (N-methyl/N-ethyl adjacent to an activating group) is 1. The van der Waals surface area contributed by atoms with Crippen molar-refractivity contribution < 1.29 is 19.7 Å². The molecule has 3 aliphatic rings. The van der Waals surface area contributed by atoms with Crippen LogP contribution in [0.3, 0.4) is 0 Å². The van der Waals surface area contributed by atoms with E-state index in [0.717, 1.165) is 50.0 Å². The highest BCUT2D eigenvalue weighted by Gasteiger charge is 2.46. The van der Waals surface area contributed by atoms with Gasteiger partial charge in [-0.3, -0.25) is 9.80 Å². The van der Waals surface area contributed by atoms with Crippen molar-refractivity contribution in [3.8, 4) is 0 Å². The number of carbonyl (C=O) groups excluding carboxylic acids is 1. The van der Waals surface area contributed by atoms with Crippen LogP contribution in [-0.2, 0) is 10.3 Å². The van der Waals surface area contributed by atoms with Crippen molar-refractivity contribution in [2.24, 2.45) is 0 Å². The van der Waals surface area contributed by atoms with Crippen LogP contribution >= 0.6 is 0 Å². The summed E-state index contributed by atoms with van der Waals surface area (Å²) >= 11 is 0. The van der Waals surface area contributed by atoms with Gasteiger partial charge in [0.25, 0.3) is 0 Å². The number of aliphatic hydroxyl groups is 2. The standard InChI is InChI=1S/C33H47N3O4/c1-24(36-22-18-33(40-31(36)38,23-32(2,3)39)28-9-6-5-7-10-28)25-12-14-26(15-13-25)27-16-20-35(21-17-27)30(37)29-11-8-19-34(29)4/h5-7,9-10,12-15,24,27,29-30,37,39H,8,11,16-23H2,1-4H3/t24-,29?,30+,33-/m0/s1. The molecule has 1 unspecified atom stereocenters. The maximum atomic E-state index is 13.4. The van der Waals surface area contributed by atoms with Crippen LogP contribution in [0.1, 0.15) is 87.9 Å². The summed E-state index contributed by atoms with van der Waals surface area (Å²) in [6.45, 7) is 9.06. The first-order valence-electron chi connectivity index (χ1n) is 15.1. The second kappa shape index (κ2) is 11.8. The van der Waals surface area contributed by atoms with E-state index in [1.807, 2.05) is 30.3 Å². The van der Waals surface area contributed by atoms with Gasteiger partial charge in [0.15, 0.2) is 0 Å². The molecule has 40 heavy (non-hydrogen) atoms. The van der Waals surface area contributed by atoms with Crippen LogP contribution in [0.4, 0.5) is 4.79 Å². The quantitative estimate of drug-likeness (QED) is 0.469. The van der Waals surface area contributed by atoms with E-state index < -0.39 is 11.2 Å². The number of carbonyl (C=O) groups is 1. The molecule has 218 valence electrons. The molecule has 3 fully saturated rings. The smallest absolute Gasteiger partial charge is 0.411 e. The lowest BCUT2D eigenvalue weighted by Gasteiger charge is -2.45. The normalized spacial score (nSPS) is 27.0. The highest BCUT2D eigenvalue weighted by atomic mass is 16.6. The summed E-state index contributed by atoms with van der Waals surface area (Å²) in [4.78, 5) is 19.8. The van der Waals surface area contributed by atoms with Crippen molar-refractivity contribution in [2.45, 2.75) is 94.7 Å². The third-order valence-electron chi connectivity index (χ3n) is 9.47. The molecule has 2 N–H and O–H groups in total. The molecule has 2 aromatic rings. The molecule has 7 heteroatoms. The van der Waals surface area contributed by atoms with E-state index in [1.165, 1.54) is 12.0 Å². The fourth-order valence-electron chi connectivity index (χ4n) is 7.17. The van der Waals surface area contributed by atoms with Gasteiger partial charge in [0.05, 0.1) is 11.6 Å². The average Bonchev–Trinajstić information content (AvgIpc) is 3.38. The maximum Gasteiger partial charge on any atom is 0.411 e. The number of likely N-dealkylation sites (tertiary alicyclic amines) is 2. The molecule has 0 saturated carbocycles. The lowest BCUT2D eigenvalue weighted by Crippen LogP contribution is -2.51. The zero-order chi connectivity index (χ0) is 28.5. The number of hydrogen-bond acceptors (Lipinski definition) is 6. The molecule has 0 bridgehead atoms. The Balaban J connectivity index is 1.20. The molecule has 0 aromatic heterocycles. The number of rotatable bonds is 8. The minimum atomic E-state index is -0.971. The Bertz CT molecular complexity index is 1130. The van der Waals surface area contributed by atoms with E-state index in [1.54, 1.807) is 18.7 Å². The number of hydrogen-bond donors (Lipinski definition) is 2. The van der Waals surface area contributed by atoms with Crippen LogP contribution in [0.15, 0.2) is 54.6 Å². The Morgan fingerprint density at radius 1 is 1.00 bits per heavy atom. The summed E-state index contributed by atoms with van der Waals surface area (Å²) in [5.41, 5.74) is 1.54. The van der Waals surface area contributed by atoms with Crippen LogP contribution in [0.5, 0.6) is 0 Å². The summed E-state index contributed by atoms with van der Waals surface area (Å²) in [6.07, 6.45) is 4.60. The Labute approximate surface area is 239 Å². The lowest BCUT2D eigenvalue weighted by molar-refractivity contribution is -0.101. The molecule has 1 amide bonds. The van der Waals surface area contributed by atoms with Crippen molar-refractivity contribution in [3.63, 3.8) is 0 Å². The van der Waals surface area contributed by atoms with Crippen molar-refractivity contribution >= 4 is 6.09 Å². The van der Waals surface area contributed by atoms with Crippen molar-refractivity contribution in [3.05, 3.63) is 71.3 Å². The number of ether oxygens (including phenoxy) is 1. The van der Waals surface area contributed by atoms with E-state index in [-0.39, 0.29) is 24.4 Å². The van der Waals surface area contributed by atoms with Crippen molar-refractivity contribution in [1.82, 2.24) is 14.7 Å². The van der Waals surface area contributed by atoms with Gasteiger partial charge < -0.3 is 19.8 Å². The molecular formula is C33H47N3O4. The first-order chi connectivity index (χ1) is 19.1. The predicted octanol–water partition coefficient (Wildman–Crippen LogP) is 5.24. The summed E-state index contributed by atoms with van der Waals surface area (Å²) in [5.74, 6) is 0.488. The maximum absolute atomic E-state index is 13.4. The molecule has 3 heterocycles. The molecule has 4 atom stereocenters. The highest BCUT2D eigenvalue weighted by molar-refractivity contribution is 5.70. The number of nitrogens with zero attached hydrogens (tertiary/aromatic N) is 3. The van der Waals surface area contributed by atoms with Gasteiger partial charge in [0, 0.05) is 38.5 Å². The second-order valence-electron chi connectivity index (χ2n) is 12.9. The summed E-state index contributed by atoms with van der Waals surface area (Å²) in [6, 6.07) is 18.7. The number of aliphatic hydroxyl groups excluding tert-OH is 1. The monoisotopic (exact) mass is 549 g/mol. The number of cyclic esters (lactones) is 1. The molecule has 5 rings (SSSR count). The Hall–Kier alpha value is -2.45.